The molecule has 0 aliphatic heterocycles. The molecule has 0 saturated heterocycles. The molecule has 1 rings (SSSR count). The predicted molar refractivity (Wildman–Crippen MR) is 85.6 cm³/mol. The molecule has 5 heteroatoms. The molecule has 1 aromatic rings. The van der Waals surface area contributed by atoms with Crippen molar-refractivity contribution in [1.29, 1.82) is 0 Å². The molecule has 1 atom stereocenters. The first-order chi connectivity index (χ1) is 10.4. The maximum absolute atomic E-state index is 11.4. The Morgan fingerprint density at radius 1 is 1.27 bits per heavy atom. The summed E-state index contributed by atoms with van der Waals surface area (Å²) >= 11 is 0. The highest BCUT2D eigenvalue weighted by Gasteiger charge is 2.16. The van der Waals surface area contributed by atoms with E-state index in [1.54, 1.807) is 20.8 Å². The van der Waals surface area contributed by atoms with Gasteiger partial charge < -0.3 is 19.9 Å². The first kappa shape index (κ1) is 18.5. The zero-order valence-corrected chi connectivity index (χ0v) is 13.7. The van der Waals surface area contributed by atoms with Crippen LogP contribution in [-0.4, -0.2) is 36.1 Å². The smallest absolute Gasteiger partial charge is 0.407 e. The number of ether oxygens (including phenoxy) is 2. The quantitative estimate of drug-likeness (QED) is 0.725. The lowest BCUT2D eigenvalue weighted by Crippen LogP contribution is -2.36. The van der Waals surface area contributed by atoms with E-state index < -0.39 is 17.8 Å². The van der Waals surface area contributed by atoms with Crippen LogP contribution in [0, 0.1) is 0 Å². The van der Waals surface area contributed by atoms with Gasteiger partial charge in [0.2, 0.25) is 0 Å². The maximum Gasteiger partial charge on any atom is 0.407 e. The highest BCUT2D eigenvalue weighted by atomic mass is 16.6. The van der Waals surface area contributed by atoms with Gasteiger partial charge in [-0.25, -0.2) is 4.79 Å². The average Bonchev–Trinajstić information content (AvgIpc) is 2.44. The van der Waals surface area contributed by atoms with Crippen LogP contribution in [0.1, 0.15) is 39.2 Å². The molecule has 5 nitrogen and oxygen atoms in total. The molecule has 0 spiro atoms. The molecule has 0 bridgehead atoms. The van der Waals surface area contributed by atoms with Crippen LogP contribution < -0.4 is 5.32 Å². The van der Waals surface area contributed by atoms with Gasteiger partial charge in [0.25, 0.3) is 0 Å². The average molecular weight is 309 g/mol. The zero-order valence-electron chi connectivity index (χ0n) is 13.7. The van der Waals surface area contributed by atoms with E-state index in [0.717, 1.165) is 12.0 Å². The number of hydrogen-bond donors (Lipinski definition) is 2. The number of rotatable bonds is 8. The largest absolute Gasteiger partial charge is 0.444 e. The van der Waals surface area contributed by atoms with Gasteiger partial charge in [-0.3, -0.25) is 0 Å². The second-order valence-corrected chi connectivity index (χ2v) is 6.22. The standard InChI is InChI=1S/C17H27NO4/c1-17(2,3)22-16(20)18-12-15(19)10-7-11-21-13-14-8-5-4-6-9-14/h4-6,8-9,15,19H,7,10-13H2,1-3H3,(H,18,20). The van der Waals surface area contributed by atoms with E-state index in [4.69, 9.17) is 9.47 Å². The van der Waals surface area contributed by atoms with E-state index >= 15 is 0 Å². The molecule has 0 aliphatic carbocycles. The lowest BCUT2D eigenvalue weighted by Gasteiger charge is -2.20. The van der Waals surface area contributed by atoms with E-state index in [-0.39, 0.29) is 6.54 Å². The number of hydrogen-bond acceptors (Lipinski definition) is 4. The second-order valence-electron chi connectivity index (χ2n) is 6.22. The summed E-state index contributed by atoms with van der Waals surface area (Å²) in [5.74, 6) is 0. The van der Waals surface area contributed by atoms with Gasteiger partial charge in [-0.15, -0.1) is 0 Å². The van der Waals surface area contributed by atoms with Crippen molar-refractivity contribution >= 4 is 6.09 Å². The zero-order chi connectivity index (χ0) is 16.4. The van der Waals surface area contributed by atoms with Gasteiger partial charge >= 0.3 is 6.09 Å². The summed E-state index contributed by atoms with van der Waals surface area (Å²) < 4.78 is 10.6. The van der Waals surface area contributed by atoms with Crippen molar-refractivity contribution in [2.24, 2.45) is 0 Å². The third kappa shape index (κ3) is 9.37. The van der Waals surface area contributed by atoms with Crippen LogP contribution in [0.5, 0.6) is 0 Å². The monoisotopic (exact) mass is 309 g/mol. The van der Waals surface area contributed by atoms with Crippen molar-refractivity contribution in [3.8, 4) is 0 Å². The predicted octanol–water partition coefficient (Wildman–Crippen LogP) is 2.87. The van der Waals surface area contributed by atoms with Crippen LogP contribution in [0.2, 0.25) is 0 Å². The van der Waals surface area contributed by atoms with E-state index in [0.29, 0.717) is 19.6 Å². The normalized spacial score (nSPS) is 12.7. The molecular formula is C17H27NO4. The fourth-order valence-electron chi connectivity index (χ4n) is 1.80. The molecule has 124 valence electrons. The Kier molecular flexibility index (Phi) is 7.91. The summed E-state index contributed by atoms with van der Waals surface area (Å²) in [7, 11) is 0. The number of benzene rings is 1. The number of nitrogens with one attached hydrogen (secondary N) is 1. The fourth-order valence-corrected chi connectivity index (χ4v) is 1.80. The summed E-state index contributed by atoms with van der Waals surface area (Å²) in [5, 5.41) is 12.3. The summed E-state index contributed by atoms with van der Waals surface area (Å²) in [4.78, 5) is 11.4. The number of aliphatic hydroxyl groups is 1. The summed E-state index contributed by atoms with van der Waals surface area (Å²) in [6.07, 6.45) is 0.217. The van der Waals surface area contributed by atoms with Crippen molar-refractivity contribution in [2.75, 3.05) is 13.2 Å². The highest BCUT2D eigenvalue weighted by molar-refractivity contribution is 5.67. The van der Waals surface area contributed by atoms with Crippen LogP contribution in [-0.2, 0) is 16.1 Å². The van der Waals surface area contributed by atoms with E-state index in [1.165, 1.54) is 0 Å². The highest BCUT2D eigenvalue weighted by Crippen LogP contribution is 2.07. The van der Waals surface area contributed by atoms with Crippen LogP contribution in [0.3, 0.4) is 0 Å². The van der Waals surface area contributed by atoms with Crippen LogP contribution in [0.15, 0.2) is 30.3 Å². The lowest BCUT2D eigenvalue weighted by molar-refractivity contribution is 0.0479. The van der Waals surface area contributed by atoms with Gasteiger partial charge in [0, 0.05) is 13.2 Å². The Hall–Kier alpha value is -1.59. The van der Waals surface area contributed by atoms with Crippen molar-refractivity contribution in [1.82, 2.24) is 5.32 Å². The molecule has 0 aliphatic rings. The Bertz CT molecular complexity index is 428. The molecule has 1 amide bonds. The van der Waals surface area contributed by atoms with E-state index in [9.17, 15) is 9.90 Å². The first-order valence-corrected chi connectivity index (χ1v) is 7.63. The Morgan fingerprint density at radius 3 is 2.59 bits per heavy atom. The van der Waals surface area contributed by atoms with Gasteiger partial charge in [0.1, 0.15) is 5.60 Å². The molecule has 1 aromatic carbocycles. The molecule has 2 N–H and O–H groups in total. The minimum Gasteiger partial charge on any atom is -0.444 e. The van der Waals surface area contributed by atoms with Gasteiger partial charge in [-0.05, 0) is 39.2 Å². The molecule has 1 unspecified atom stereocenters. The number of aliphatic hydroxyl groups excluding tert-OH is 1. The molecule has 0 aromatic heterocycles. The van der Waals surface area contributed by atoms with E-state index in [1.807, 2.05) is 30.3 Å². The third-order valence-corrected chi connectivity index (χ3v) is 2.82. The molecule has 0 saturated carbocycles. The summed E-state index contributed by atoms with van der Waals surface area (Å²) in [5.41, 5.74) is 0.606. The minimum absolute atomic E-state index is 0.188. The summed E-state index contributed by atoms with van der Waals surface area (Å²) in [6.45, 7) is 6.74. The second kappa shape index (κ2) is 9.43. The Balaban J connectivity index is 2.04. The van der Waals surface area contributed by atoms with Crippen molar-refractivity contribution < 1.29 is 19.4 Å². The van der Waals surface area contributed by atoms with Crippen molar-refractivity contribution in [3.05, 3.63) is 35.9 Å². The van der Waals surface area contributed by atoms with Crippen LogP contribution >= 0.6 is 0 Å². The topological polar surface area (TPSA) is 67.8 Å². The number of carbonyl (C=O) groups is 1. The lowest BCUT2D eigenvalue weighted by atomic mass is 10.2. The number of carbonyl (C=O) groups excluding carboxylic acids is 1. The summed E-state index contributed by atoms with van der Waals surface area (Å²) in [6, 6.07) is 9.95. The minimum atomic E-state index is -0.590. The molecule has 0 heterocycles. The fraction of sp³-hybridized carbons (Fsp3) is 0.588. The Labute approximate surface area is 132 Å². The van der Waals surface area contributed by atoms with Crippen LogP contribution in [0.4, 0.5) is 4.79 Å². The van der Waals surface area contributed by atoms with Crippen molar-refractivity contribution in [3.63, 3.8) is 0 Å². The van der Waals surface area contributed by atoms with Gasteiger partial charge in [0.05, 0.1) is 12.7 Å². The van der Waals surface area contributed by atoms with E-state index in [2.05, 4.69) is 5.32 Å². The van der Waals surface area contributed by atoms with Crippen LogP contribution in [0.25, 0.3) is 0 Å². The van der Waals surface area contributed by atoms with Gasteiger partial charge in [-0.1, -0.05) is 30.3 Å². The van der Waals surface area contributed by atoms with Gasteiger partial charge in [0.15, 0.2) is 0 Å². The SMILES string of the molecule is CC(C)(C)OC(=O)NCC(O)CCCOCc1ccccc1. The van der Waals surface area contributed by atoms with Crippen molar-refractivity contribution in [2.45, 2.75) is 51.9 Å². The number of amides is 1. The third-order valence-electron chi connectivity index (χ3n) is 2.82. The van der Waals surface area contributed by atoms with Gasteiger partial charge in [-0.2, -0.15) is 0 Å². The molecule has 0 fully saturated rings. The molecular weight excluding hydrogens is 282 g/mol. The number of alkyl carbamates (subject to hydrolysis) is 1. The molecule has 0 radical (unpaired) electrons. The Morgan fingerprint density at radius 2 is 1.95 bits per heavy atom. The molecule has 22 heavy (non-hydrogen) atoms. The first-order valence-electron chi connectivity index (χ1n) is 7.63. The maximum atomic E-state index is 11.4.